The van der Waals surface area contributed by atoms with Crippen molar-refractivity contribution < 1.29 is 0 Å². The van der Waals surface area contributed by atoms with E-state index in [1.807, 2.05) is 0 Å². The summed E-state index contributed by atoms with van der Waals surface area (Å²) in [4.78, 5) is 0. The normalized spacial score (nSPS) is 23.8. The number of hydrogen-bond donors (Lipinski definition) is 1. The van der Waals surface area contributed by atoms with Crippen LogP contribution in [0.4, 0.5) is 0 Å². The van der Waals surface area contributed by atoms with E-state index in [-0.39, 0.29) is 5.41 Å². The van der Waals surface area contributed by atoms with Gasteiger partial charge in [-0.3, -0.25) is 0 Å². The summed E-state index contributed by atoms with van der Waals surface area (Å²) in [5, 5.41) is 3.86. The molecule has 1 saturated carbocycles. The fourth-order valence-corrected chi connectivity index (χ4v) is 3.81. The molecule has 20 heavy (non-hydrogen) atoms. The molecule has 112 valence electrons. The van der Waals surface area contributed by atoms with Crippen molar-refractivity contribution in [3.05, 3.63) is 35.9 Å². The lowest BCUT2D eigenvalue weighted by atomic mass is 9.79. The van der Waals surface area contributed by atoms with Crippen molar-refractivity contribution in [2.24, 2.45) is 5.41 Å². The van der Waals surface area contributed by atoms with Gasteiger partial charge in [0.15, 0.2) is 0 Å². The Hall–Kier alpha value is -0.820. The van der Waals surface area contributed by atoms with Crippen molar-refractivity contribution in [3.63, 3.8) is 0 Å². The average molecular weight is 273 g/mol. The second kappa shape index (κ2) is 5.89. The zero-order valence-corrected chi connectivity index (χ0v) is 13.9. The average Bonchev–Trinajstić information content (AvgIpc) is 2.69. The summed E-state index contributed by atoms with van der Waals surface area (Å²) in [5.74, 6) is 0. The second-order valence-corrected chi connectivity index (χ2v) is 8.13. The molecule has 1 aromatic carbocycles. The molecule has 1 heteroatoms. The van der Waals surface area contributed by atoms with Crippen molar-refractivity contribution in [2.75, 3.05) is 0 Å². The van der Waals surface area contributed by atoms with Gasteiger partial charge in [-0.1, -0.05) is 58.0 Å². The molecule has 0 aromatic heterocycles. The van der Waals surface area contributed by atoms with Crippen LogP contribution in [0.5, 0.6) is 0 Å². The molecule has 0 spiro atoms. The molecule has 0 heterocycles. The molecular formula is C19H31N. The molecule has 2 unspecified atom stereocenters. The molecule has 1 aliphatic rings. The Labute approximate surface area is 125 Å². The third-order valence-electron chi connectivity index (χ3n) is 4.86. The van der Waals surface area contributed by atoms with Crippen LogP contribution in [0.25, 0.3) is 0 Å². The van der Waals surface area contributed by atoms with Gasteiger partial charge >= 0.3 is 0 Å². The van der Waals surface area contributed by atoms with Crippen molar-refractivity contribution in [2.45, 2.75) is 77.8 Å². The lowest BCUT2D eigenvalue weighted by Gasteiger charge is -2.31. The standard InChI is InChI=1S/C19H31N/c1-15(20-17-11-12-18(2,3)14-17)13-19(4,5)16-9-7-6-8-10-16/h6-10,15,17,20H,11-14H2,1-5H3. The highest BCUT2D eigenvalue weighted by Crippen LogP contribution is 2.37. The minimum Gasteiger partial charge on any atom is -0.311 e. The molecule has 0 amide bonds. The van der Waals surface area contributed by atoms with Crippen LogP contribution in [0, 0.1) is 5.41 Å². The first-order valence-corrected chi connectivity index (χ1v) is 8.10. The third-order valence-corrected chi connectivity index (χ3v) is 4.86. The van der Waals surface area contributed by atoms with Crippen LogP contribution in [0.1, 0.15) is 65.9 Å². The first kappa shape index (κ1) is 15.6. The smallest absolute Gasteiger partial charge is 0.00748 e. The summed E-state index contributed by atoms with van der Waals surface area (Å²) in [6.45, 7) is 11.9. The molecule has 2 atom stereocenters. The summed E-state index contributed by atoms with van der Waals surface area (Å²) < 4.78 is 0. The van der Waals surface area contributed by atoms with Crippen molar-refractivity contribution in [1.29, 1.82) is 0 Å². The highest BCUT2D eigenvalue weighted by Gasteiger charge is 2.32. The summed E-state index contributed by atoms with van der Waals surface area (Å²) in [7, 11) is 0. The fourth-order valence-electron chi connectivity index (χ4n) is 3.81. The maximum absolute atomic E-state index is 3.86. The first-order valence-electron chi connectivity index (χ1n) is 8.10. The zero-order chi connectivity index (χ0) is 14.8. The molecule has 1 N–H and O–H groups in total. The maximum Gasteiger partial charge on any atom is 0.00748 e. The van der Waals surface area contributed by atoms with Gasteiger partial charge in [-0.25, -0.2) is 0 Å². The number of nitrogens with one attached hydrogen (secondary N) is 1. The molecule has 2 rings (SSSR count). The van der Waals surface area contributed by atoms with Crippen LogP contribution in [0.15, 0.2) is 30.3 Å². The second-order valence-electron chi connectivity index (χ2n) is 8.13. The Morgan fingerprint density at radius 2 is 1.90 bits per heavy atom. The van der Waals surface area contributed by atoms with Crippen LogP contribution < -0.4 is 5.32 Å². The van der Waals surface area contributed by atoms with Crippen LogP contribution in [-0.2, 0) is 5.41 Å². The SMILES string of the molecule is CC(CC(C)(C)c1ccccc1)NC1CCC(C)(C)C1. The summed E-state index contributed by atoms with van der Waals surface area (Å²) >= 11 is 0. The number of rotatable bonds is 5. The molecule has 0 saturated heterocycles. The number of benzene rings is 1. The Morgan fingerprint density at radius 3 is 2.45 bits per heavy atom. The Morgan fingerprint density at radius 1 is 1.25 bits per heavy atom. The van der Waals surface area contributed by atoms with Gasteiger partial charge in [0.25, 0.3) is 0 Å². The van der Waals surface area contributed by atoms with E-state index in [0.29, 0.717) is 17.5 Å². The third kappa shape index (κ3) is 4.09. The molecule has 1 aromatic rings. The minimum atomic E-state index is 0.238. The Kier molecular flexibility index (Phi) is 4.59. The predicted octanol–water partition coefficient (Wildman–Crippen LogP) is 4.91. The van der Waals surface area contributed by atoms with E-state index >= 15 is 0 Å². The van der Waals surface area contributed by atoms with Gasteiger partial charge in [0.05, 0.1) is 0 Å². The quantitative estimate of drug-likeness (QED) is 0.803. The van der Waals surface area contributed by atoms with E-state index in [2.05, 4.69) is 70.3 Å². The van der Waals surface area contributed by atoms with Gasteiger partial charge in [0.2, 0.25) is 0 Å². The lowest BCUT2D eigenvalue weighted by molar-refractivity contribution is 0.329. The molecule has 0 aliphatic heterocycles. The molecule has 1 aliphatic carbocycles. The predicted molar refractivity (Wildman–Crippen MR) is 88.1 cm³/mol. The first-order chi connectivity index (χ1) is 9.28. The van der Waals surface area contributed by atoms with Crippen molar-refractivity contribution in [1.82, 2.24) is 5.32 Å². The Bertz CT molecular complexity index is 419. The van der Waals surface area contributed by atoms with Crippen molar-refractivity contribution in [3.8, 4) is 0 Å². The Balaban J connectivity index is 1.90. The molecular weight excluding hydrogens is 242 g/mol. The van der Waals surface area contributed by atoms with E-state index in [1.54, 1.807) is 0 Å². The van der Waals surface area contributed by atoms with Gasteiger partial charge in [-0.05, 0) is 49.0 Å². The summed E-state index contributed by atoms with van der Waals surface area (Å²) in [5.41, 5.74) is 2.22. The zero-order valence-electron chi connectivity index (χ0n) is 13.9. The highest BCUT2D eigenvalue weighted by atomic mass is 15.0. The van der Waals surface area contributed by atoms with Gasteiger partial charge in [0.1, 0.15) is 0 Å². The van der Waals surface area contributed by atoms with Crippen molar-refractivity contribution >= 4 is 0 Å². The van der Waals surface area contributed by atoms with Gasteiger partial charge in [0, 0.05) is 12.1 Å². The summed E-state index contributed by atoms with van der Waals surface area (Å²) in [6, 6.07) is 12.2. The monoisotopic (exact) mass is 273 g/mol. The number of hydrogen-bond acceptors (Lipinski definition) is 1. The van der Waals surface area contributed by atoms with Crippen LogP contribution in [0.3, 0.4) is 0 Å². The van der Waals surface area contributed by atoms with Gasteiger partial charge in [-0.2, -0.15) is 0 Å². The molecule has 1 fully saturated rings. The lowest BCUT2D eigenvalue weighted by Crippen LogP contribution is -2.39. The highest BCUT2D eigenvalue weighted by molar-refractivity contribution is 5.23. The maximum atomic E-state index is 3.86. The molecule has 0 bridgehead atoms. The van der Waals surface area contributed by atoms with E-state index < -0.39 is 0 Å². The van der Waals surface area contributed by atoms with E-state index in [1.165, 1.54) is 31.2 Å². The van der Waals surface area contributed by atoms with Crippen LogP contribution >= 0.6 is 0 Å². The van der Waals surface area contributed by atoms with E-state index in [4.69, 9.17) is 0 Å². The molecule has 0 radical (unpaired) electrons. The van der Waals surface area contributed by atoms with Crippen LogP contribution in [0.2, 0.25) is 0 Å². The molecule has 1 nitrogen and oxygen atoms in total. The van der Waals surface area contributed by atoms with Gasteiger partial charge < -0.3 is 5.32 Å². The van der Waals surface area contributed by atoms with E-state index in [0.717, 1.165) is 0 Å². The minimum absolute atomic E-state index is 0.238. The van der Waals surface area contributed by atoms with Gasteiger partial charge in [-0.15, -0.1) is 0 Å². The van der Waals surface area contributed by atoms with E-state index in [9.17, 15) is 0 Å². The fraction of sp³-hybridized carbons (Fsp3) is 0.684. The summed E-state index contributed by atoms with van der Waals surface area (Å²) in [6.07, 6.45) is 5.21. The van der Waals surface area contributed by atoms with Crippen LogP contribution in [-0.4, -0.2) is 12.1 Å². The topological polar surface area (TPSA) is 12.0 Å². The largest absolute Gasteiger partial charge is 0.311 e.